The zero-order valence-electron chi connectivity index (χ0n) is 13.0. The van der Waals surface area contributed by atoms with Gasteiger partial charge >= 0.3 is 0 Å². The molecule has 0 saturated heterocycles. The Hall–Kier alpha value is -1.94. The highest BCUT2D eigenvalue weighted by molar-refractivity contribution is 5.42. The molecule has 112 valence electrons. The van der Waals surface area contributed by atoms with Gasteiger partial charge in [0.15, 0.2) is 0 Å². The number of aromatic nitrogens is 2. The van der Waals surface area contributed by atoms with Gasteiger partial charge in [-0.3, -0.25) is 4.98 Å². The molecule has 0 aliphatic carbocycles. The summed E-state index contributed by atoms with van der Waals surface area (Å²) < 4.78 is 0. The average molecular weight is 285 g/mol. The summed E-state index contributed by atoms with van der Waals surface area (Å²) in [6.45, 7) is 4.87. The lowest BCUT2D eigenvalue weighted by atomic mass is 10.1. The monoisotopic (exact) mass is 285 g/mol. The Morgan fingerprint density at radius 3 is 2.62 bits per heavy atom. The number of hydrogen-bond acceptors (Lipinski definition) is 4. The van der Waals surface area contributed by atoms with Gasteiger partial charge in [-0.05, 0) is 43.2 Å². The van der Waals surface area contributed by atoms with Gasteiger partial charge in [-0.2, -0.15) is 0 Å². The molecule has 0 bridgehead atoms. The van der Waals surface area contributed by atoms with Crippen LogP contribution in [0.4, 0.5) is 5.82 Å². The highest BCUT2D eigenvalue weighted by atomic mass is 16.3. The maximum absolute atomic E-state index is 9.40. The van der Waals surface area contributed by atoms with Crippen LogP contribution in [0.2, 0.25) is 0 Å². The standard InChI is InChI=1S/C17H23N3O/c1-4-6-15-9-14(12-21)10-17(19-15)20(3)11-16-8-5-7-13(2)18-16/h5,7-10,21H,4,6,11-12H2,1-3H3. The van der Waals surface area contributed by atoms with Crippen molar-refractivity contribution in [3.8, 4) is 0 Å². The summed E-state index contributed by atoms with van der Waals surface area (Å²) in [7, 11) is 2.00. The number of aliphatic hydroxyl groups excluding tert-OH is 1. The summed E-state index contributed by atoms with van der Waals surface area (Å²) in [6, 6.07) is 9.95. The van der Waals surface area contributed by atoms with Crippen molar-refractivity contribution in [3.05, 3.63) is 53.0 Å². The second kappa shape index (κ2) is 7.18. The van der Waals surface area contributed by atoms with Gasteiger partial charge in [-0.25, -0.2) is 4.98 Å². The van der Waals surface area contributed by atoms with Gasteiger partial charge in [-0.15, -0.1) is 0 Å². The Kier molecular flexibility index (Phi) is 5.28. The largest absolute Gasteiger partial charge is 0.392 e. The molecule has 21 heavy (non-hydrogen) atoms. The molecule has 0 amide bonds. The fourth-order valence-electron chi connectivity index (χ4n) is 2.32. The first-order chi connectivity index (χ1) is 10.1. The number of pyridine rings is 2. The number of hydrogen-bond donors (Lipinski definition) is 1. The summed E-state index contributed by atoms with van der Waals surface area (Å²) in [5.41, 5.74) is 3.98. The average Bonchev–Trinajstić information content (AvgIpc) is 2.47. The van der Waals surface area contributed by atoms with Crippen LogP contribution in [0, 0.1) is 6.92 Å². The number of nitrogens with zero attached hydrogens (tertiary/aromatic N) is 3. The van der Waals surface area contributed by atoms with Gasteiger partial charge in [0.25, 0.3) is 0 Å². The third kappa shape index (κ3) is 4.26. The molecule has 2 aromatic heterocycles. The van der Waals surface area contributed by atoms with E-state index < -0.39 is 0 Å². The molecule has 2 rings (SSSR count). The van der Waals surface area contributed by atoms with E-state index >= 15 is 0 Å². The SMILES string of the molecule is CCCc1cc(CO)cc(N(C)Cc2cccc(C)n2)n1. The first-order valence-corrected chi connectivity index (χ1v) is 7.36. The van der Waals surface area contributed by atoms with Crippen LogP contribution in [0.5, 0.6) is 0 Å². The summed E-state index contributed by atoms with van der Waals surface area (Å²) in [6.07, 6.45) is 1.97. The summed E-state index contributed by atoms with van der Waals surface area (Å²) in [5, 5.41) is 9.40. The molecular formula is C17H23N3O. The molecule has 1 N–H and O–H groups in total. The van der Waals surface area contributed by atoms with Crippen LogP contribution in [-0.4, -0.2) is 22.1 Å². The molecule has 2 heterocycles. The van der Waals surface area contributed by atoms with Crippen LogP contribution >= 0.6 is 0 Å². The normalized spacial score (nSPS) is 10.7. The molecule has 0 saturated carbocycles. The van der Waals surface area contributed by atoms with E-state index in [0.29, 0.717) is 6.54 Å². The van der Waals surface area contributed by atoms with E-state index in [1.807, 2.05) is 44.3 Å². The van der Waals surface area contributed by atoms with Crippen molar-refractivity contribution < 1.29 is 5.11 Å². The molecule has 0 atom stereocenters. The fourth-order valence-corrected chi connectivity index (χ4v) is 2.32. The van der Waals surface area contributed by atoms with Gasteiger partial charge in [0.05, 0.1) is 18.8 Å². The van der Waals surface area contributed by atoms with Crippen molar-refractivity contribution in [1.82, 2.24) is 9.97 Å². The highest BCUT2D eigenvalue weighted by Gasteiger charge is 2.08. The van der Waals surface area contributed by atoms with E-state index in [9.17, 15) is 5.11 Å². The number of aliphatic hydroxyl groups is 1. The van der Waals surface area contributed by atoms with Gasteiger partial charge < -0.3 is 10.0 Å². The minimum Gasteiger partial charge on any atom is -0.392 e. The van der Waals surface area contributed by atoms with Gasteiger partial charge in [0.2, 0.25) is 0 Å². The quantitative estimate of drug-likeness (QED) is 0.886. The molecule has 0 aliphatic heterocycles. The van der Waals surface area contributed by atoms with E-state index in [4.69, 9.17) is 0 Å². The summed E-state index contributed by atoms with van der Waals surface area (Å²) in [5.74, 6) is 0.883. The van der Waals surface area contributed by atoms with Gasteiger partial charge in [0.1, 0.15) is 5.82 Å². The second-order valence-electron chi connectivity index (χ2n) is 5.36. The molecule has 0 aliphatic rings. The maximum atomic E-state index is 9.40. The molecule has 0 radical (unpaired) electrons. The van der Waals surface area contributed by atoms with Crippen LogP contribution in [0.25, 0.3) is 0 Å². The summed E-state index contributed by atoms with van der Waals surface area (Å²) >= 11 is 0. The maximum Gasteiger partial charge on any atom is 0.129 e. The van der Waals surface area contributed by atoms with Crippen LogP contribution in [0.3, 0.4) is 0 Å². The third-order valence-electron chi connectivity index (χ3n) is 3.35. The molecule has 0 aromatic carbocycles. The zero-order valence-corrected chi connectivity index (χ0v) is 13.0. The zero-order chi connectivity index (χ0) is 15.2. The van der Waals surface area contributed by atoms with Crippen LogP contribution in [0.1, 0.15) is 36.0 Å². The highest BCUT2D eigenvalue weighted by Crippen LogP contribution is 2.17. The second-order valence-corrected chi connectivity index (χ2v) is 5.36. The lowest BCUT2D eigenvalue weighted by Gasteiger charge is -2.19. The Morgan fingerprint density at radius 2 is 1.95 bits per heavy atom. The fraction of sp³-hybridized carbons (Fsp3) is 0.412. The third-order valence-corrected chi connectivity index (χ3v) is 3.35. The van der Waals surface area contributed by atoms with Crippen molar-refractivity contribution in [2.75, 3.05) is 11.9 Å². The number of aryl methyl sites for hydroxylation is 2. The lowest BCUT2D eigenvalue weighted by Crippen LogP contribution is -2.19. The summed E-state index contributed by atoms with van der Waals surface area (Å²) in [4.78, 5) is 11.3. The molecule has 0 unspecified atom stereocenters. The smallest absolute Gasteiger partial charge is 0.129 e. The van der Waals surface area contributed by atoms with Crippen molar-refractivity contribution in [1.29, 1.82) is 0 Å². The number of rotatable bonds is 6. The Balaban J connectivity index is 2.21. The Morgan fingerprint density at radius 1 is 1.14 bits per heavy atom. The first kappa shape index (κ1) is 15.4. The van der Waals surface area contributed by atoms with Crippen LogP contribution < -0.4 is 4.90 Å². The predicted molar refractivity (Wildman–Crippen MR) is 85.2 cm³/mol. The Bertz CT molecular complexity index is 598. The van der Waals surface area contributed by atoms with Crippen molar-refractivity contribution in [2.24, 2.45) is 0 Å². The van der Waals surface area contributed by atoms with E-state index in [1.165, 1.54) is 0 Å². The van der Waals surface area contributed by atoms with E-state index in [2.05, 4.69) is 21.8 Å². The van der Waals surface area contributed by atoms with Crippen molar-refractivity contribution in [3.63, 3.8) is 0 Å². The van der Waals surface area contributed by atoms with Crippen LogP contribution in [0.15, 0.2) is 30.3 Å². The minimum absolute atomic E-state index is 0.0444. The van der Waals surface area contributed by atoms with E-state index in [0.717, 1.165) is 41.3 Å². The van der Waals surface area contributed by atoms with Crippen LogP contribution in [-0.2, 0) is 19.6 Å². The topological polar surface area (TPSA) is 49.2 Å². The van der Waals surface area contributed by atoms with E-state index in [1.54, 1.807) is 0 Å². The Labute approximate surface area is 126 Å². The van der Waals surface area contributed by atoms with Crippen molar-refractivity contribution in [2.45, 2.75) is 39.8 Å². The minimum atomic E-state index is 0.0444. The van der Waals surface area contributed by atoms with Gasteiger partial charge in [0, 0.05) is 18.4 Å². The molecule has 4 nitrogen and oxygen atoms in total. The number of anilines is 1. The molecule has 4 heteroatoms. The molecule has 0 fully saturated rings. The first-order valence-electron chi connectivity index (χ1n) is 7.36. The molecule has 2 aromatic rings. The molecular weight excluding hydrogens is 262 g/mol. The lowest BCUT2D eigenvalue weighted by molar-refractivity contribution is 0.281. The van der Waals surface area contributed by atoms with E-state index in [-0.39, 0.29) is 6.61 Å². The molecule has 0 spiro atoms. The predicted octanol–water partition coefficient (Wildman–Crippen LogP) is 2.87. The van der Waals surface area contributed by atoms with Gasteiger partial charge in [-0.1, -0.05) is 19.4 Å². The van der Waals surface area contributed by atoms with Crippen molar-refractivity contribution >= 4 is 5.82 Å².